The summed E-state index contributed by atoms with van der Waals surface area (Å²) in [5, 5.41) is 3.29. The molecule has 16 heavy (non-hydrogen) atoms. The van der Waals surface area contributed by atoms with E-state index in [4.69, 9.17) is 0 Å². The van der Waals surface area contributed by atoms with Crippen LogP contribution in [-0.4, -0.2) is 17.7 Å². The topological polar surface area (TPSA) is 24.9 Å². The number of rotatable bonds is 1. The molecule has 0 radical (unpaired) electrons. The van der Waals surface area contributed by atoms with E-state index in [0.717, 1.165) is 35.4 Å². The zero-order valence-electron chi connectivity index (χ0n) is 8.91. The number of hydrogen-bond donors (Lipinski definition) is 1. The van der Waals surface area contributed by atoms with Crippen molar-refractivity contribution in [1.82, 2.24) is 10.3 Å². The quantitative estimate of drug-likeness (QED) is 0.780. The monoisotopic (exact) mass is 216 g/mol. The van der Waals surface area contributed by atoms with E-state index in [0.29, 0.717) is 6.42 Å². The first-order valence-electron chi connectivity index (χ1n) is 5.58. The van der Waals surface area contributed by atoms with Crippen LogP contribution in [0.15, 0.2) is 41.9 Å². The summed E-state index contributed by atoms with van der Waals surface area (Å²) in [6, 6.07) is 3.79. The Morgan fingerprint density at radius 1 is 1.44 bits per heavy atom. The molecule has 1 unspecified atom stereocenters. The van der Waals surface area contributed by atoms with Crippen molar-refractivity contribution < 1.29 is 4.39 Å². The summed E-state index contributed by atoms with van der Waals surface area (Å²) >= 11 is 0. The van der Waals surface area contributed by atoms with Crippen LogP contribution in [-0.2, 0) is 0 Å². The molecule has 82 valence electrons. The van der Waals surface area contributed by atoms with Gasteiger partial charge in [0.05, 0.1) is 0 Å². The number of nitrogens with zero attached hydrogens (tertiary/aromatic N) is 1. The van der Waals surface area contributed by atoms with Crippen molar-refractivity contribution in [2.75, 3.05) is 6.54 Å². The molecule has 2 heterocycles. The van der Waals surface area contributed by atoms with Gasteiger partial charge in [0, 0.05) is 36.6 Å². The van der Waals surface area contributed by atoms with E-state index in [-0.39, 0.29) is 0 Å². The summed E-state index contributed by atoms with van der Waals surface area (Å²) in [6.07, 6.45) is 5.92. The predicted molar refractivity (Wildman–Crippen MR) is 61.4 cm³/mol. The van der Waals surface area contributed by atoms with E-state index in [1.165, 1.54) is 0 Å². The molecule has 0 spiro atoms. The van der Waals surface area contributed by atoms with Gasteiger partial charge in [-0.05, 0) is 23.6 Å². The molecule has 1 aromatic heterocycles. The van der Waals surface area contributed by atoms with Crippen LogP contribution in [0.2, 0.25) is 0 Å². The van der Waals surface area contributed by atoms with Gasteiger partial charge in [-0.2, -0.15) is 0 Å². The van der Waals surface area contributed by atoms with Crippen LogP contribution < -0.4 is 5.32 Å². The molecule has 1 aliphatic heterocycles. The second-order valence-corrected chi connectivity index (χ2v) is 4.13. The Morgan fingerprint density at radius 2 is 2.38 bits per heavy atom. The van der Waals surface area contributed by atoms with Crippen LogP contribution in [0.5, 0.6) is 0 Å². The Bertz CT molecular complexity index is 462. The third kappa shape index (κ3) is 1.43. The second kappa shape index (κ2) is 3.74. The molecular weight excluding hydrogens is 203 g/mol. The van der Waals surface area contributed by atoms with Crippen molar-refractivity contribution in [2.24, 2.45) is 0 Å². The fraction of sp³-hybridized carbons (Fsp3) is 0.308. The lowest BCUT2D eigenvalue weighted by atomic mass is 9.89. The smallest absolute Gasteiger partial charge is 0.130 e. The van der Waals surface area contributed by atoms with Gasteiger partial charge < -0.3 is 5.32 Å². The van der Waals surface area contributed by atoms with Crippen LogP contribution in [0.1, 0.15) is 18.4 Å². The molecule has 1 aliphatic carbocycles. The van der Waals surface area contributed by atoms with Gasteiger partial charge in [-0.15, -0.1) is 0 Å². The van der Waals surface area contributed by atoms with E-state index in [2.05, 4.69) is 10.3 Å². The van der Waals surface area contributed by atoms with Crippen LogP contribution in [0.3, 0.4) is 0 Å². The molecule has 1 fully saturated rings. The summed E-state index contributed by atoms with van der Waals surface area (Å²) in [7, 11) is 0. The predicted octanol–water partition coefficient (Wildman–Crippen LogP) is 2.45. The maximum Gasteiger partial charge on any atom is 0.130 e. The lowest BCUT2D eigenvalue weighted by Gasteiger charge is -2.20. The highest BCUT2D eigenvalue weighted by Gasteiger charge is 2.27. The molecule has 2 aliphatic rings. The average Bonchev–Trinajstić information content (AvgIpc) is 2.78. The van der Waals surface area contributed by atoms with E-state index in [1.54, 1.807) is 12.4 Å². The minimum absolute atomic E-state index is 0.468. The minimum atomic E-state index is -0.886. The third-order valence-corrected chi connectivity index (χ3v) is 3.16. The van der Waals surface area contributed by atoms with Crippen molar-refractivity contribution in [1.29, 1.82) is 0 Å². The number of halogens is 1. The summed E-state index contributed by atoms with van der Waals surface area (Å²) in [5.41, 5.74) is 3.99. The third-order valence-electron chi connectivity index (χ3n) is 3.16. The van der Waals surface area contributed by atoms with Crippen molar-refractivity contribution in [2.45, 2.75) is 19.0 Å². The average molecular weight is 216 g/mol. The summed E-state index contributed by atoms with van der Waals surface area (Å²) < 4.78 is 14.0. The van der Waals surface area contributed by atoms with Crippen molar-refractivity contribution >= 4 is 5.57 Å². The van der Waals surface area contributed by atoms with Crippen LogP contribution in [0.4, 0.5) is 4.39 Å². The molecule has 2 nitrogen and oxygen atoms in total. The standard InChI is InChI=1S/C13H13FN2/c14-11-3-4-12-10(5-7-16-12)13(11)9-2-1-6-15-8-9/h1-2,4,6,8,11,16H,3,5,7H2. The Labute approximate surface area is 93.9 Å². The Morgan fingerprint density at radius 3 is 3.19 bits per heavy atom. The molecule has 1 N–H and O–H groups in total. The highest BCUT2D eigenvalue weighted by atomic mass is 19.1. The molecule has 3 heteroatoms. The summed E-state index contributed by atoms with van der Waals surface area (Å²) in [4.78, 5) is 4.07. The minimum Gasteiger partial charge on any atom is -0.385 e. The van der Waals surface area contributed by atoms with Crippen molar-refractivity contribution in [3.05, 3.63) is 47.4 Å². The van der Waals surface area contributed by atoms with Gasteiger partial charge in [0.15, 0.2) is 0 Å². The van der Waals surface area contributed by atoms with Gasteiger partial charge in [0.25, 0.3) is 0 Å². The zero-order valence-corrected chi connectivity index (χ0v) is 8.91. The van der Waals surface area contributed by atoms with E-state index in [9.17, 15) is 4.39 Å². The molecule has 1 aromatic rings. The molecule has 0 amide bonds. The molecule has 1 atom stereocenters. The van der Waals surface area contributed by atoms with Gasteiger partial charge in [-0.25, -0.2) is 4.39 Å². The first-order chi connectivity index (χ1) is 7.86. The van der Waals surface area contributed by atoms with Gasteiger partial charge >= 0.3 is 0 Å². The maximum absolute atomic E-state index is 14.0. The number of fused-ring (bicyclic) bond motifs is 1. The van der Waals surface area contributed by atoms with Crippen LogP contribution >= 0.6 is 0 Å². The molecule has 1 saturated heterocycles. The largest absolute Gasteiger partial charge is 0.385 e. The van der Waals surface area contributed by atoms with E-state index in [1.807, 2.05) is 18.2 Å². The number of hydrogen-bond acceptors (Lipinski definition) is 2. The maximum atomic E-state index is 14.0. The lowest BCUT2D eigenvalue weighted by Crippen LogP contribution is -2.13. The highest BCUT2D eigenvalue weighted by molar-refractivity contribution is 5.77. The first-order valence-corrected chi connectivity index (χ1v) is 5.58. The lowest BCUT2D eigenvalue weighted by molar-refractivity contribution is 0.411. The van der Waals surface area contributed by atoms with Gasteiger partial charge in [0.2, 0.25) is 0 Å². The van der Waals surface area contributed by atoms with Crippen molar-refractivity contribution in [3.8, 4) is 0 Å². The fourth-order valence-corrected chi connectivity index (χ4v) is 2.44. The zero-order chi connectivity index (χ0) is 11.0. The van der Waals surface area contributed by atoms with Crippen LogP contribution in [0, 0.1) is 0 Å². The van der Waals surface area contributed by atoms with Crippen molar-refractivity contribution in [3.63, 3.8) is 0 Å². The molecule has 0 bridgehead atoms. The van der Waals surface area contributed by atoms with Crippen LogP contribution in [0.25, 0.3) is 5.57 Å². The fourth-order valence-electron chi connectivity index (χ4n) is 2.44. The first kappa shape index (κ1) is 9.58. The highest BCUT2D eigenvalue weighted by Crippen LogP contribution is 2.37. The SMILES string of the molecule is FC1CC=C2NCCC2=C1c1cccnc1. The Kier molecular flexibility index (Phi) is 2.24. The number of alkyl halides is 1. The number of nitrogens with one attached hydrogen (secondary N) is 1. The second-order valence-electron chi connectivity index (χ2n) is 4.13. The Balaban J connectivity index is 2.13. The summed E-state index contributed by atoms with van der Waals surface area (Å²) in [6.45, 7) is 0.914. The normalized spacial score (nSPS) is 23.8. The molecule has 0 aromatic carbocycles. The molecule has 0 saturated carbocycles. The van der Waals surface area contributed by atoms with Gasteiger partial charge in [0.1, 0.15) is 6.17 Å². The number of pyridine rings is 1. The van der Waals surface area contributed by atoms with Gasteiger partial charge in [-0.1, -0.05) is 12.1 Å². The molecular formula is C13H13FN2. The summed E-state index contributed by atoms with van der Waals surface area (Å²) in [5.74, 6) is 0. The number of aromatic nitrogens is 1. The molecule has 3 rings (SSSR count). The number of allylic oxidation sites excluding steroid dienone is 3. The van der Waals surface area contributed by atoms with Gasteiger partial charge in [-0.3, -0.25) is 4.98 Å². The Hall–Kier alpha value is -1.64. The van der Waals surface area contributed by atoms with E-state index >= 15 is 0 Å². The van der Waals surface area contributed by atoms with E-state index < -0.39 is 6.17 Å².